The van der Waals surface area contributed by atoms with Crippen LogP contribution in [0.2, 0.25) is 0 Å². The molecule has 1 aliphatic carbocycles. The lowest BCUT2D eigenvalue weighted by Gasteiger charge is -2.30. The minimum absolute atomic E-state index is 0.758. The fourth-order valence-corrected chi connectivity index (χ4v) is 2.38. The molecule has 0 radical (unpaired) electrons. The molecule has 0 atom stereocenters. The second-order valence-corrected chi connectivity index (χ2v) is 4.68. The Morgan fingerprint density at radius 2 is 1.75 bits per heavy atom. The van der Waals surface area contributed by atoms with Gasteiger partial charge in [-0.15, -0.1) is 0 Å². The molecule has 2 rings (SSSR count). The molecule has 16 heavy (non-hydrogen) atoms. The van der Waals surface area contributed by atoms with Gasteiger partial charge in [-0.2, -0.15) is 0 Å². The average molecular weight is 215 g/mol. The number of hydrogen-bond donors (Lipinski definition) is 0. The van der Waals surface area contributed by atoms with Crippen LogP contribution in [0, 0.1) is 0 Å². The maximum atomic E-state index is 2.38. The van der Waals surface area contributed by atoms with Crippen LogP contribution in [0.1, 0.15) is 37.7 Å². The Morgan fingerprint density at radius 1 is 1.06 bits per heavy atom. The molecular weight excluding hydrogens is 194 g/mol. The molecule has 0 spiro atoms. The van der Waals surface area contributed by atoms with Gasteiger partial charge in [0.1, 0.15) is 0 Å². The van der Waals surface area contributed by atoms with Crippen LogP contribution in [0.3, 0.4) is 0 Å². The normalized spacial score (nSPS) is 17.8. The van der Waals surface area contributed by atoms with Crippen molar-refractivity contribution < 1.29 is 0 Å². The highest BCUT2D eigenvalue weighted by molar-refractivity contribution is 5.48. The summed E-state index contributed by atoms with van der Waals surface area (Å²) in [5.41, 5.74) is 1.28. The number of rotatable bonds is 3. The molecule has 1 heteroatoms. The molecule has 0 bridgehead atoms. The monoisotopic (exact) mass is 215 g/mol. The third-order valence-corrected chi connectivity index (χ3v) is 3.45. The lowest BCUT2D eigenvalue weighted by molar-refractivity contribution is 0.255. The van der Waals surface area contributed by atoms with E-state index in [4.69, 9.17) is 0 Å². The molecule has 1 saturated carbocycles. The summed E-state index contributed by atoms with van der Waals surface area (Å²) in [4.78, 5) is 2.38. The Hall–Kier alpha value is -1.24. The van der Waals surface area contributed by atoms with E-state index in [1.807, 2.05) is 0 Å². The van der Waals surface area contributed by atoms with E-state index in [2.05, 4.69) is 54.6 Å². The van der Waals surface area contributed by atoms with Crippen molar-refractivity contribution in [3.05, 3.63) is 42.1 Å². The second kappa shape index (κ2) is 5.74. The summed E-state index contributed by atoms with van der Waals surface area (Å²) in [7, 11) is 2.20. The van der Waals surface area contributed by atoms with Crippen molar-refractivity contribution in [3.8, 4) is 0 Å². The zero-order chi connectivity index (χ0) is 11.2. The summed E-state index contributed by atoms with van der Waals surface area (Å²) < 4.78 is 0. The van der Waals surface area contributed by atoms with Gasteiger partial charge >= 0.3 is 0 Å². The Morgan fingerprint density at radius 3 is 2.44 bits per heavy atom. The predicted molar refractivity (Wildman–Crippen MR) is 70.1 cm³/mol. The first kappa shape index (κ1) is 11.3. The molecule has 0 N–H and O–H groups in total. The van der Waals surface area contributed by atoms with Gasteiger partial charge in [-0.25, -0.2) is 0 Å². The van der Waals surface area contributed by atoms with Crippen molar-refractivity contribution in [3.63, 3.8) is 0 Å². The van der Waals surface area contributed by atoms with Gasteiger partial charge in [0.15, 0.2) is 0 Å². The van der Waals surface area contributed by atoms with E-state index in [9.17, 15) is 0 Å². The lowest BCUT2D eigenvalue weighted by atomic mass is 9.95. The molecule has 0 saturated heterocycles. The fraction of sp³-hybridized carbons (Fsp3) is 0.467. The topological polar surface area (TPSA) is 3.24 Å². The van der Waals surface area contributed by atoms with Crippen molar-refractivity contribution in [2.45, 2.75) is 38.1 Å². The van der Waals surface area contributed by atoms with Gasteiger partial charge in [0, 0.05) is 13.1 Å². The predicted octanol–water partition coefficient (Wildman–Crippen LogP) is 3.92. The fourth-order valence-electron chi connectivity index (χ4n) is 2.38. The minimum Gasteiger partial charge on any atom is -0.377 e. The van der Waals surface area contributed by atoms with Crippen LogP contribution in [0.4, 0.5) is 0 Å². The van der Waals surface area contributed by atoms with Gasteiger partial charge < -0.3 is 4.90 Å². The highest BCUT2D eigenvalue weighted by atomic mass is 15.1. The van der Waals surface area contributed by atoms with Crippen LogP contribution in [-0.2, 0) is 0 Å². The molecule has 0 heterocycles. The summed E-state index contributed by atoms with van der Waals surface area (Å²) in [5.74, 6) is 0. The van der Waals surface area contributed by atoms with Gasteiger partial charge in [0.2, 0.25) is 0 Å². The van der Waals surface area contributed by atoms with Crippen LogP contribution in [0.25, 0.3) is 6.08 Å². The molecule has 1 aromatic rings. The van der Waals surface area contributed by atoms with E-state index in [0.29, 0.717) is 0 Å². The van der Waals surface area contributed by atoms with Crippen LogP contribution >= 0.6 is 0 Å². The Labute approximate surface area is 98.8 Å². The number of nitrogens with zero attached hydrogens (tertiary/aromatic N) is 1. The summed E-state index contributed by atoms with van der Waals surface area (Å²) >= 11 is 0. The lowest BCUT2D eigenvalue weighted by Crippen LogP contribution is -2.28. The van der Waals surface area contributed by atoms with Crippen molar-refractivity contribution >= 4 is 6.08 Å². The molecule has 1 fully saturated rings. The van der Waals surface area contributed by atoms with Gasteiger partial charge in [-0.3, -0.25) is 0 Å². The zero-order valence-corrected chi connectivity index (χ0v) is 10.1. The standard InChI is InChI=1S/C15H21N/c1-16(15-10-6-3-7-11-15)13-12-14-8-4-2-5-9-14/h2,4-5,8-9,12-13,15H,3,6-7,10-11H2,1H3. The third-order valence-electron chi connectivity index (χ3n) is 3.45. The zero-order valence-electron chi connectivity index (χ0n) is 10.1. The maximum Gasteiger partial charge on any atom is 0.0281 e. The van der Waals surface area contributed by atoms with Crippen molar-refractivity contribution in [2.75, 3.05) is 7.05 Å². The van der Waals surface area contributed by atoms with E-state index in [0.717, 1.165) is 6.04 Å². The van der Waals surface area contributed by atoms with Gasteiger partial charge in [-0.05, 0) is 30.7 Å². The molecule has 1 aliphatic rings. The number of benzene rings is 1. The largest absolute Gasteiger partial charge is 0.377 e. The summed E-state index contributed by atoms with van der Waals surface area (Å²) in [6.07, 6.45) is 11.4. The maximum absolute atomic E-state index is 2.38. The first-order chi connectivity index (χ1) is 7.86. The molecule has 0 aromatic heterocycles. The number of hydrogen-bond acceptors (Lipinski definition) is 1. The Bertz CT molecular complexity index is 323. The van der Waals surface area contributed by atoms with Crippen molar-refractivity contribution in [1.82, 2.24) is 4.90 Å². The van der Waals surface area contributed by atoms with E-state index in [-0.39, 0.29) is 0 Å². The average Bonchev–Trinajstić information content (AvgIpc) is 2.38. The van der Waals surface area contributed by atoms with Gasteiger partial charge in [-0.1, -0.05) is 49.6 Å². The highest BCUT2D eigenvalue weighted by Gasteiger charge is 2.15. The van der Waals surface area contributed by atoms with Crippen LogP contribution < -0.4 is 0 Å². The van der Waals surface area contributed by atoms with E-state index >= 15 is 0 Å². The van der Waals surface area contributed by atoms with Crippen molar-refractivity contribution in [2.24, 2.45) is 0 Å². The van der Waals surface area contributed by atoms with E-state index in [1.54, 1.807) is 0 Å². The smallest absolute Gasteiger partial charge is 0.0281 e. The summed E-state index contributed by atoms with van der Waals surface area (Å²) in [5, 5.41) is 0. The molecule has 0 aliphatic heterocycles. The second-order valence-electron chi connectivity index (χ2n) is 4.68. The molecule has 0 amide bonds. The Kier molecular flexibility index (Phi) is 4.03. The molecule has 86 valence electrons. The first-order valence-electron chi connectivity index (χ1n) is 6.31. The quantitative estimate of drug-likeness (QED) is 0.738. The summed E-state index contributed by atoms with van der Waals surface area (Å²) in [6, 6.07) is 11.3. The van der Waals surface area contributed by atoms with Gasteiger partial charge in [0.05, 0.1) is 0 Å². The van der Waals surface area contributed by atoms with Gasteiger partial charge in [0.25, 0.3) is 0 Å². The first-order valence-corrected chi connectivity index (χ1v) is 6.31. The Balaban J connectivity index is 1.91. The molecular formula is C15H21N. The van der Waals surface area contributed by atoms with E-state index < -0.39 is 0 Å². The van der Waals surface area contributed by atoms with E-state index in [1.165, 1.54) is 37.7 Å². The SMILES string of the molecule is CN(C=Cc1ccccc1)C1CCCCC1. The molecule has 1 aromatic carbocycles. The third kappa shape index (κ3) is 3.13. The molecule has 0 unspecified atom stereocenters. The van der Waals surface area contributed by atoms with Crippen LogP contribution in [0.15, 0.2) is 36.5 Å². The summed E-state index contributed by atoms with van der Waals surface area (Å²) in [6.45, 7) is 0. The minimum atomic E-state index is 0.758. The van der Waals surface area contributed by atoms with Crippen LogP contribution in [0.5, 0.6) is 0 Å². The highest BCUT2D eigenvalue weighted by Crippen LogP contribution is 2.21. The molecule has 1 nitrogen and oxygen atoms in total. The van der Waals surface area contributed by atoms with Crippen LogP contribution in [-0.4, -0.2) is 18.0 Å². The van der Waals surface area contributed by atoms with Crippen molar-refractivity contribution in [1.29, 1.82) is 0 Å².